The van der Waals surface area contributed by atoms with Crippen molar-refractivity contribution in [1.82, 2.24) is 10.6 Å². The number of hydrogen-bond donors (Lipinski definition) is 2. The first-order valence-corrected chi connectivity index (χ1v) is 14.4. The summed E-state index contributed by atoms with van der Waals surface area (Å²) in [5, 5.41) is 6.33. The Morgan fingerprint density at radius 3 is 2.08 bits per heavy atom. The van der Waals surface area contributed by atoms with Crippen LogP contribution in [0.15, 0.2) is 17.7 Å². The van der Waals surface area contributed by atoms with E-state index in [2.05, 4.69) is 82.9 Å². The summed E-state index contributed by atoms with van der Waals surface area (Å²) in [5.41, 5.74) is 5.28. The van der Waals surface area contributed by atoms with Crippen LogP contribution in [0, 0.1) is 18.8 Å². The molecule has 0 aliphatic heterocycles. The minimum absolute atomic E-state index is 0.0765. The van der Waals surface area contributed by atoms with E-state index in [1.54, 1.807) is 14.2 Å². The van der Waals surface area contributed by atoms with Gasteiger partial charge in [0, 0.05) is 25.3 Å². The minimum atomic E-state index is 0.0765. The standard InChI is InChI=1S/C26H41NO2.C3H9N.C3H8O/c1-9-17(4)19(6)25(26(28)27-23-13-11-10-12-18(23)5)22-14-21(16(2)3)15-24(29-8)20(22)7;2*1-3-4-2/h14-18,23H,9-13H2,1-8H3,(H,27,28);4H,3H2,1-2H3;3H2,1-2H3/b25-19+;;. The summed E-state index contributed by atoms with van der Waals surface area (Å²) in [6, 6.07) is 4.58. The molecule has 1 aliphatic carbocycles. The Morgan fingerprint density at radius 2 is 1.65 bits per heavy atom. The van der Waals surface area contributed by atoms with E-state index in [0.29, 0.717) is 17.8 Å². The van der Waals surface area contributed by atoms with Gasteiger partial charge in [-0.05, 0) is 94.1 Å². The number of ether oxygens (including phenoxy) is 2. The van der Waals surface area contributed by atoms with Gasteiger partial charge in [0.25, 0.3) is 5.91 Å². The van der Waals surface area contributed by atoms with Crippen molar-refractivity contribution in [1.29, 1.82) is 0 Å². The Labute approximate surface area is 229 Å². The monoisotopic (exact) mass is 518 g/mol. The first-order valence-electron chi connectivity index (χ1n) is 14.4. The molecular formula is C32H58N2O3. The highest BCUT2D eigenvalue weighted by Crippen LogP contribution is 2.35. The molecule has 1 aliphatic rings. The maximum Gasteiger partial charge on any atom is 0.252 e. The summed E-state index contributed by atoms with van der Waals surface area (Å²) in [4.78, 5) is 13.6. The van der Waals surface area contributed by atoms with Gasteiger partial charge in [-0.1, -0.05) is 66.0 Å². The summed E-state index contributed by atoms with van der Waals surface area (Å²) < 4.78 is 10.2. The van der Waals surface area contributed by atoms with Gasteiger partial charge in [0.05, 0.1) is 7.11 Å². The number of rotatable bonds is 9. The molecule has 0 spiro atoms. The Balaban J connectivity index is 0.00000142. The molecule has 214 valence electrons. The van der Waals surface area contributed by atoms with Crippen molar-refractivity contribution < 1.29 is 14.3 Å². The van der Waals surface area contributed by atoms with Gasteiger partial charge in [-0.2, -0.15) is 0 Å². The second-order valence-electron chi connectivity index (χ2n) is 10.5. The first-order chi connectivity index (χ1) is 17.5. The zero-order chi connectivity index (χ0) is 28.5. The lowest BCUT2D eigenvalue weighted by molar-refractivity contribution is -0.116. The lowest BCUT2D eigenvalue weighted by atomic mass is 9.84. The number of benzene rings is 1. The van der Waals surface area contributed by atoms with Gasteiger partial charge in [0.15, 0.2) is 0 Å². The molecule has 0 aromatic heterocycles. The zero-order valence-electron chi connectivity index (χ0n) is 26.1. The van der Waals surface area contributed by atoms with Gasteiger partial charge in [0.2, 0.25) is 0 Å². The summed E-state index contributed by atoms with van der Waals surface area (Å²) in [6.07, 6.45) is 5.77. The molecule has 1 amide bonds. The second kappa shape index (κ2) is 19.3. The summed E-state index contributed by atoms with van der Waals surface area (Å²) in [6.45, 7) is 21.1. The van der Waals surface area contributed by atoms with Crippen LogP contribution >= 0.6 is 0 Å². The van der Waals surface area contributed by atoms with E-state index in [9.17, 15) is 4.79 Å². The van der Waals surface area contributed by atoms with Gasteiger partial charge < -0.3 is 20.1 Å². The molecule has 5 heteroatoms. The van der Waals surface area contributed by atoms with E-state index in [1.807, 2.05) is 14.0 Å². The third-order valence-corrected chi connectivity index (χ3v) is 7.58. The van der Waals surface area contributed by atoms with Gasteiger partial charge in [-0.25, -0.2) is 0 Å². The van der Waals surface area contributed by atoms with Crippen LogP contribution in [0.1, 0.15) is 110 Å². The van der Waals surface area contributed by atoms with Crippen molar-refractivity contribution in [3.63, 3.8) is 0 Å². The number of carbonyl (C=O) groups excluding carboxylic acids is 1. The fraction of sp³-hybridized carbons (Fsp3) is 0.719. The van der Waals surface area contributed by atoms with Crippen molar-refractivity contribution in [2.24, 2.45) is 11.8 Å². The average Bonchev–Trinajstić information content (AvgIpc) is 2.90. The molecular weight excluding hydrogens is 460 g/mol. The molecule has 1 fully saturated rings. The molecule has 0 radical (unpaired) electrons. The third kappa shape index (κ3) is 11.6. The van der Waals surface area contributed by atoms with Crippen LogP contribution in [-0.4, -0.2) is 46.4 Å². The molecule has 3 atom stereocenters. The van der Waals surface area contributed by atoms with Crippen molar-refractivity contribution in [2.75, 3.05) is 34.4 Å². The second-order valence-corrected chi connectivity index (χ2v) is 10.5. The molecule has 1 aromatic rings. The van der Waals surface area contributed by atoms with Crippen molar-refractivity contribution in [3.8, 4) is 5.75 Å². The molecule has 5 nitrogen and oxygen atoms in total. The van der Waals surface area contributed by atoms with E-state index >= 15 is 0 Å². The fourth-order valence-corrected chi connectivity index (χ4v) is 4.35. The quantitative estimate of drug-likeness (QED) is 0.332. The highest BCUT2D eigenvalue weighted by Gasteiger charge is 2.27. The third-order valence-electron chi connectivity index (χ3n) is 7.58. The van der Waals surface area contributed by atoms with Crippen LogP contribution in [-0.2, 0) is 9.53 Å². The van der Waals surface area contributed by atoms with E-state index in [-0.39, 0.29) is 11.9 Å². The van der Waals surface area contributed by atoms with Crippen LogP contribution in [0.4, 0.5) is 0 Å². The maximum absolute atomic E-state index is 13.6. The predicted octanol–water partition coefficient (Wildman–Crippen LogP) is 7.52. The van der Waals surface area contributed by atoms with Crippen LogP contribution in [0.25, 0.3) is 5.57 Å². The van der Waals surface area contributed by atoms with Gasteiger partial charge in [-0.3, -0.25) is 4.79 Å². The molecule has 37 heavy (non-hydrogen) atoms. The lowest BCUT2D eigenvalue weighted by Crippen LogP contribution is -2.41. The van der Waals surface area contributed by atoms with E-state index in [1.165, 1.54) is 30.4 Å². The SMILES string of the molecule is CCC(C)/C(C)=C(/C(=O)NC1CCCCC1C)c1cc(C(C)C)cc(OC)c1C.CCNC.CCOC. The van der Waals surface area contributed by atoms with Crippen molar-refractivity contribution >= 4 is 11.5 Å². The molecule has 1 saturated carbocycles. The largest absolute Gasteiger partial charge is 0.496 e. The van der Waals surface area contributed by atoms with E-state index < -0.39 is 0 Å². The topological polar surface area (TPSA) is 59.6 Å². The first kappa shape index (κ1) is 35.2. The minimum Gasteiger partial charge on any atom is -0.496 e. The van der Waals surface area contributed by atoms with Crippen molar-refractivity contribution in [2.45, 2.75) is 106 Å². The Hall–Kier alpha value is -1.85. The van der Waals surface area contributed by atoms with E-state index in [0.717, 1.165) is 48.4 Å². The zero-order valence-corrected chi connectivity index (χ0v) is 26.1. The Bertz CT molecular complexity index is 808. The Kier molecular flexibility index (Phi) is 18.3. The molecule has 0 heterocycles. The molecule has 0 saturated heterocycles. The van der Waals surface area contributed by atoms with Crippen LogP contribution < -0.4 is 15.4 Å². The highest BCUT2D eigenvalue weighted by molar-refractivity contribution is 6.21. The smallest absolute Gasteiger partial charge is 0.252 e. The maximum atomic E-state index is 13.6. The molecule has 3 unspecified atom stereocenters. The normalized spacial score (nSPS) is 18.5. The number of methoxy groups -OCH3 is 2. The lowest BCUT2D eigenvalue weighted by Gasteiger charge is -2.31. The van der Waals surface area contributed by atoms with Crippen LogP contribution in [0.5, 0.6) is 5.75 Å². The molecule has 2 rings (SSSR count). The van der Waals surface area contributed by atoms with Crippen molar-refractivity contribution in [3.05, 3.63) is 34.4 Å². The fourth-order valence-electron chi connectivity index (χ4n) is 4.35. The summed E-state index contributed by atoms with van der Waals surface area (Å²) in [5.74, 6) is 2.20. The van der Waals surface area contributed by atoms with Crippen LogP contribution in [0.2, 0.25) is 0 Å². The van der Waals surface area contributed by atoms with Gasteiger partial charge >= 0.3 is 0 Å². The molecule has 0 bridgehead atoms. The highest BCUT2D eigenvalue weighted by atomic mass is 16.5. The number of carbonyl (C=O) groups is 1. The number of allylic oxidation sites excluding steroid dienone is 1. The summed E-state index contributed by atoms with van der Waals surface area (Å²) in [7, 11) is 5.32. The number of nitrogens with one attached hydrogen (secondary N) is 2. The number of amides is 1. The molecule has 1 aromatic carbocycles. The number of hydrogen-bond acceptors (Lipinski definition) is 4. The Morgan fingerprint density at radius 1 is 1.08 bits per heavy atom. The predicted molar refractivity (Wildman–Crippen MR) is 161 cm³/mol. The summed E-state index contributed by atoms with van der Waals surface area (Å²) >= 11 is 0. The van der Waals surface area contributed by atoms with E-state index in [4.69, 9.17) is 4.74 Å². The average molecular weight is 519 g/mol. The van der Waals surface area contributed by atoms with Crippen LogP contribution in [0.3, 0.4) is 0 Å². The molecule has 2 N–H and O–H groups in total. The van der Waals surface area contributed by atoms with Gasteiger partial charge in [-0.15, -0.1) is 0 Å². The van der Waals surface area contributed by atoms with Gasteiger partial charge in [0.1, 0.15) is 5.75 Å².